The van der Waals surface area contributed by atoms with Crippen LogP contribution in [0.4, 0.5) is 29.2 Å². The Labute approximate surface area is 371 Å². The second-order valence-electron chi connectivity index (χ2n) is 13.4. The van der Waals surface area contributed by atoms with Crippen molar-refractivity contribution in [3.8, 4) is 5.75 Å². The highest BCUT2D eigenvalue weighted by Crippen LogP contribution is 2.22. The van der Waals surface area contributed by atoms with Crippen LogP contribution in [-0.2, 0) is 30.3 Å². The maximum absolute atomic E-state index is 12.7. The minimum Gasteiger partial charge on any atom is -0.489 e. The van der Waals surface area contributed by atoms with Gasteiger partial charge in [0, 0.05) is 67.0 Å². The van der Waals surface area contributed by atoms with Crippen LogP contribution in [0, 0.1) is 0 Å². The maximum atomic E-state index is 12.7. The summed E-state index contributed by atoms with van der Waals surface area (Å²) in [6, 6.07) is 33.6. The van der Waals surface area contributed by atoms with Crippen molar-refractivity contribution in [3.05, 3.63) is 136 Å². The van der Waals surface area contributed by atoms with Crippen molar-refractivity contribution in [2.24, 2.45) is 5.11 Å². The Hall–Kier alpha value is -7.15. The minimum absolute atomic E-state index is 0.108. The predicted molar refractivity (Wildman–Crippen MR) is 241 cm³/mol. The third-order valence-corrected chi connectivity index (χ3v) is 8.39. The zero-order valence-corrected chi connectivity index (χ0v) is 35.7. The molecule has 4 aromatic carbocycles. The van der Waals surface area contributed by atoms with Crippen molar-refractivity contribution < 1.29 is 43.2 Å². The number of nitrogens with zero attached hydrogens (tertiary/aromatic N) is 6. The number of hydrogen-bond donors (Lipinski definition) is 5. The molecule has 0 atom stereocenters. The average Bonchev–Trinajstić information content (AvgIpc) is 3.30. The number of benzene rings is 4. The third-order valence-electron chi connectivity index (χ3n) is 8.39. The number of Topliss-reactive ketones (excluding diaryl/α,β-unsaturated/α-hetero) is 1. The van der Waals surface area contributed by atoms with E-state index < -0.39 is 5.97 Å². The first-order valence-electron chi connectivity index (χ1n) is 20.6. The van der Waals surface area contributed by atoms with Gasteiger partial charge >= 0.3 is 0 Å². The number of aliphatic carboxylic acids is 1. The molecule has 0 aliphatic rings. The van der Waals surface area contributed by atoms with E-state index in [4.69, 9.17) is 39.1 Å². The van der Waals surface area contributed by atoms with E-state index in [1.54, 1.807) is 24.3 Å². The summed E-state index contributed by atoms with van der Waals surface area (Å²) < 4.78 is 28.0. The van der Waals surface area contributed by atoms with Crippen molar-refractivity contribution in [2.45, 2.75) is 26.4 Å². The number of anilines is 5. The molecular formula is C45H54N10O9. The number of carbonyl (C=O) groups excluding carboxylic acids is 2. The lowest BCUT2D eigenvalue weighted by atomic mass is 10.1. The highest BCUT2D eigenvalue weighted by Gasteiger charge is 2.11. The Morgan fingerprint density at radius 1 is 0.641 bits per heavy atom. The molecule has 0 saturated heterocycles. The summed E-state index contributed by atoms with van der Waals surface area (Å²) in [5.41, 5.74) is 11.9. The fourth-order valence-electron chi connectivity index (χ4n) is 5.38. The zero-order chi connectivity index (χ0) is 45.5. The molecule has 19 heteroatoms. The molecule has 0 aliphatic carbocycles. The number of carbonyl (C=O) groups is 3. The van der Waals surface area contributed by atoms with Crippen LogP contribution >= 0.6 is 0 Å². The van der Waals surface area contributed by atoms with E-state index >= 15 is 0 Å². The maximum Gasteiger partial charge on any atom is 0.300 e. The molecule has 19 nitrogen and oxygen atoms in total. The van der Waals surface area contributed by atoms with E-state index in [9.17, 15) is 9.59 Å². The number of hydrogen-bond acceptors (Lipinski definition) is 15. The Kier molecular flexibility index (Phi) is 23.2. The number of ketones is 1. The summed E-state index contributed by atoms with van der Waals surface area (Å²) in [4.78, 5) is 50.3. The van der Waals surface area contributed by atoms with Gasteiger partial charge in [0.15, 0.2) is 5.78 Å². The second kappa shape index (κ2) is 30.0. The number of aromatic nitrogens is 3. The van der Waals surface area contributed by atoms with E-state index in [1.807, 2.05) is 84.9 Å². The first-order valence-corrected chi connectivity index (χ1v) is 20.6. The van der Waals surface area contributed by atoms with Gasteiger partial charge in [0.2, 0.25) is 17.8 Å². The Balaban J connectivity index is 0.00000215. The highest BCUT2D eigenvalue weighted by molar-refractivity contribution is 5.96. The summed E-state index contributed by atoms with van der Waals surface area (Å²) in [5, 5.41) is 23.3. The summed E-state index contributed by atoms with van der Waals surface area (Å²) in [7, 11) is 0. The van der Waals surface area contributed by atoms with Crippen LogP contribution in [0.15, 0.2) is 114 Å². The molecule has 0 unspecified atom stereocenters. The van der Waals surface area contributed by atoms with Crippen LogP contribution in [-0.4, -0.2) is 110 Å². The lowest BCUT2D eigenvalue weighted by Crippen LogP contribution is -2.27. The van der Waals surface area contributed by atoms with Crippen LogP contribution in [0.1, 0.15) is 46.0 Å². The Morgan fingerprint density at radius 3 is 1.78 bits per heavy atom. The van der Waals surface area contributed by atoms with Gasteiger partial charge in [-0.3, -0.25) is 14.4 Å². The largest absolute Gasteiger partial charge is 0.489 e. The highest BCUT2D eigenvalue weighted by atomic mass is 16.5. The Morgan fingerprint density at radius 2 is 1.17 bits per heavy atom. The fourth-order valence-corrected chi connectivity index (χ4v) is 5.38. The molecule has 0 fully saturated rings. The smallest absolute Gasteiger partial charge is 0.300 e. The lowest BCUT2D eigenvalue weighted by Gasteiger charge is -2.13. The molecule has 1 heterocycles. The number of carboxylic acid groups (broad SMARTS) is 1. The van der Waals surface area contributed by atoms with E-state index in [0.29, 0.717) is 114 Å². The molecule has 0 aliphatic heterocycles. The molecule has 5 N–H and O–H groups in total. The molecule has 338 valence electrons. The number of ether oxygens (including phenoxy) is 5. The second-order valence-corrected chi connectivity index (χ2v) is 13.4. The van der Waals surface area contributed by atoms with Gasteiger partial charge in [0.1, 0.15) is 12.4 Å². The van der Waals surface area contributed by atoms with Crippen molar-refractivity contribution in [1.29, 1.82) is 0 Å². The molecule has 0 radical (unpaired) electrons. The number of carboxylic acids is 1. The number of nitrogens with one attached hydrogen (secondary N) is 4. The minimum atomic E-state index is -0.833. The molecular weight excluding hydrogens is 825 g/mol. The molecule has 5 rings (SSSR count). The van der Waals surface area contributed by atoms with Crippen molar-refractivity contribution in [2.75, 3.05) is 88.4 Å². The lowest BCUT2D eigenvalue weighted by molar-refractivity contribution is -0.134. The average molecular weight is 879 g/mol. The van der Waals surface area contributed by atoms with E-state index in [2.05, 4.69) is 46.2 Å². The standard InChI is InChI=1S/C43H50N10O7.C2H4O2/c44-53-47-23-27-59-31-30-57-25-21-45-40(55)35-13-15-36(16-14-35)48-42-50-41(46-22-26-58-29-28-56-24-7-12-39(54)34-10-5-2-6-11-34)51-43(52-42)49-37-17-19-38(20-18-37)60-32-33-8-3-1-4-9-33;1-2(3)4/h1-6,8-11,13-20H,7,12,21-32H2,(H,45,55)(H3,46,48,49,50,51,52);1H3,(H,3,4). The first kappa shape index (κ1) is 49.5. The molecule has 5 aromatic rings. The third kappa shape index (κ3) is 21.1. The SMILES string of the molecule is CC(=O)O.[N-]=[N+]=NCCOCCOCCNC(=O)c1ccc(Nc2nc(NCCOCCOCCCC(=O)c3ccccc3)nc(Nc3ccc(OCc4ccccc4)cc3)n2)cc1. The van der Waals surface area contributed by atoms with Gasteiger partial charge in [-0.2, -0.15) is 15.0 Å². The van der Waals surface area contributed by atoms with Gasteiger partial charge in [0.25, 0.3) is 11.9 Å². The van der Waals surface area contributed by atoms with Gasteiger partial charge in [-0.25, -0.2) is 0 Å². The Bertz CT molecular complexity index is 2160. The van der Waals surface area contributed by atoms with Crippen LogP contribution in [0.5, 0.6) is 5.75 Å². The van der Waals surface area contributed by atoms with Crippen molar-refractivity contribution >= 4 is 46.9 Å². The fraction of sp³-hybridized carbons (Fsp3) is 0.333. The van der Waals surface area contributed by atoms with Crippen LogP contribution < -0.4 is 26.0 Å². The van der Waals surface area contributed by atoms with E-state index in [1.165, 1.54) is 0 Å². The van der Waals surface area contributed by atoms with Crippen LogP contribution in [0.3, 0.4) is 0 Å². The summed E-state index contributed by atoms with van der Waals surface area (Å²) >= 11 is 0. The molecule has 64 heavy (non-hydrogen) atoms. The quantitative estimate of drug-likeness (QED) is 0.0105. The summed E-state index contributed by atoms with van der Waals surface area (Å²) in [6.45, 7) is 5.61. The number of azide groups is 1. The van der Waals surface area contributed by atoms with Gasteiger partial charge in [-0.1, -0.05) is 65.8 Å². The number of amides is 1. The molecule has 0 spiro atoms. The predicted octanol–water partition coefficient (Wildman–Crippen LogP) is 7.21. The monoisotopic (exact) mass is 878 g/mol. The van der Waals surface area contributed by atoms with Crippen molar-refractivity contribution in [1.82, 2.24) is 20.3 Å². The zero-order valence-electron chi connectivity index (χ0n) is 35.7. The molecule has 1 aromatic heterocycles. The van der Waals surface area contributed by atoms with Crippen LogP contribution in [0.2, 0.25) is 0 Å². The molecule has 0 bridgehead atoms. The van der Waals surface area contributed by atoms with E-state index in [0.717, 1.165) is 23.9 Å². The van der Waals surface area contributed by atoms with Gasteiger partial charge in [-0.05, 0) is 66.0 Å². The van der Waals surface area contributed by atoms with Gasteiger partial charge < -0.3 is 50.1 Å². The first-order chi connectivity index (χ1) is 31.3. The van der Waals surface area contributed by atoms with Crippen LogP contribution in [0.25, 0.3) is 10.4 Å². The van der Waals surface area contributed by atoms with Gasteiger partial charge in [-0.15, -0.1) is 0 Å². The van der Waals surface area contributed by atoms with Crippen molar-refractivity contribution in [3.63, 3.8) is 0 Å². The summed E-state index contributed by atoms with van der Waals surface area (Å²) in [6.07, 6.45) is 1.08. The van der Waals surface area contributed by atoms with Gasteiger partial charge in [0.05, 0.1) is 46.2 Å². The molecule has 0 saturated carbocycles. The van der Waals surface area contributed by atoms with E-state index in [-0.39, 0.29) is 24.2 Å². The topological polar surface area (TPSA) is 253 Å². The summed E-state index contributed by atoms with van der Waals surface area (Å²) in [5.74, 6) is 0.643. The number of rotatable bonds is 29. The molecule has 1 amide bonds. The normalized spacial score (nSPS) is 10.4.